The van der Waals surface area contributed by atoms with Crippen molar-refractivity contribution in [1.29, 1.82) is 0 Å². The molecule has 0 bridgehead atoms. The van der Waals surface area contributed by atoms with Crippen molar-refractivity contribution >= 4 is 21.9 Å². The molecule has 1 rings (SSSR count). The number of carboxylic acid groups (broad SMARTS) is 1. The molecule has 0 spiro atoms. The lowest BCUT2D eigenvalue weighted by atomic mass is 10.00. The van der Waals surface area contributed by atoms with E-state index in [1.165, 1.54) is 14.0 Å². The number of hydrogen-bond donors (Lipinski definition) is 2. The van der Waals surface area contributed by atoms with E-state index >= 15 is 0 Å². The van der Waals surface area contributed by atoms with Crippen LogP contribution in [0.1, 0.15) is 18.4 Å². The zero-order valence-electron chi connectivity index (χ0n) is 8.32. The van der Waals surface area contributed by atoms with E-state index in [9.17, 15) is 9.90 Å². The number of carbonyl (C=O) groups is 1. The molecule has 0 amide bonds. The predicted octanol–water partition coefficient (Wildman–Crippen LogP) is 2.35. The van der Waals surface area contributed by atoms with E-state index in [-0.39, 0.29) is 11.5 Å². The van der Waals surface area contributed by atoms with E-state index in [0.29, 0.717) is 10.0 Å². The fraction of sp³-hybridized carbons (Fsp3) is 0.300. The minimum Gasteiger partial charge on any atom is -0.504 e. The van der Waals surface area contributed by atoms with Crippen molar-refractivity contribution in [3.05, 3.63) is 22.2 Å². The van der Waals surface area contributed by atoms with Gasteiger partial charge in [0.25, 0.3) is 0 Å². The molecule has 15 heavy (non-hydrogen) atoms. The molecule has 0 aliphatic carbocycles. The average Bonchev–Trinajstić information content (AvgIpc) is 2.17. The third-order valence-corrected chi connectivity index (χ3v) is 2.84. The molecule has 0 fully saturated rings. The van der Waals surface area contributed by atoms with Gasteiger partial charge in [0.2, 0.25) is 0 Å². The first kappa shape index (κ1) is 11.8. The summed E-state index contributed by atoms with van der Waals surface area (Å²) in [6.07, 6.45) is 0. The van der Waals surface area contributed by atoms with Crippen LogP contribution in [0.25, 0.3) is 0 Å². The van der Waals surface area contributed by atoms with Gasteiger partial charge in [-0.25, -0.2) is 0 Å². The van der Waals surface area contributed by atoms with Crippen molar-refractivity contribution in [3.8, 4) is 11.5 Å². The average molecular weight is 275 g/mol. The van der Waals surface area contributed by atoms with E-state index in [1.807, 2.05) is 0 Å². The van der Waals surface area contributed by atoms with Gasteiger partial charge >= 0.3 is 5.97 Å². The third kappa shape index (κ3) is 2.23. The summed E-state index contributed by atoms with van der Waals surface area (Å²) >= 11 is 3.20. The number of rotatable bonds is 3. The van der Waals surface area contributed by atoms with Crippen molar-refractivity contribution in [3.63, 3.8) is 0 Å². The zero-order valence-corrected chi connectivity index (χ0v) is 9.91. The highest BCUT2D eigenvalue weighted by molar-refractivity contribution is 9.10. The van der Waals surface area contributed by atoms with Gasteiger partial charge in [-0.1, -0.05) is 15.9 Å². The summed E-state index contributed by atoms with van der Waals surface area (Å²) in [6, 6.07) is 3.21. The van der Waals surface area contributed by atoms with Crippen LogP contribution in [-0.4, -0.2) is 23.3 Å². The summed E-state index contributed by atoms with van der Waals surface area (Å²) in [5.74, 6) is -1.67. The Labute approximate surface area is 95.6 Å². The Morgan fingerprint density at radius 2 is 2.13 bits per heavy atom. The Morgan fingerprint density at radius 3 is 2.60 bits per heavy atom. The predicted molar refractivity (Wildman–Crippen MR) is 58.4 cm³/mol. The van der Waals surface area contributed by atoms with Crippen LogP contribution in [0.2, 0.25) is 0 Å². The first-order valence-corrected chi connectivity index (χ1v) is 5.06. The molecule has 0 radical (unpaired) electrons. The highest BCUT2D eigenvalue weighted by Crippen LogP contribution is 2.39. The van der Waals surface area contributed by atoms with Gasteiger partial charge in [-0.05, 0) is 19.1 Å². The smallest absolute Gasteiger partial charge is 0.310 e. The van der Waals surface area contributed by atoms with Crippen LogP contribution in [-0.2, 0) is 4.79 Å². The molecule has 1 unspecified atom stereocenters. The summed E-state index contributed by atoms with van der Waals surface area (Å²) in [5.41, 5.74) is 0.321. The Kier molecular flexibility index (Phi) is 3.57. The van der Waals surface area contributed by atoms with Crippen molar-refractivity contribution in [2.75, 3.05) is 7.11 Å². The van der Waals surface area contributed by atoms with Gasteiger partial charge < -0.3 is 14.9 Å². The molecule has 0 aromatic heterocycles. The van der Waals surface area contributed by atoms with Gasteiger partial charge in [0, 0.05) is 10.0 Å². The summed E-state index contributed by atoms with van der Waals surface area (Å²) in [7, 11) is 1.41. The Balaban J connectivity index is 3.32. The summed E-state index contributed by atoms with van der Waals surface area (Å²) < 4.78 is 5.46. The highest BCUT2D eigenvalue weighted by Gasteiger charge is 2.22. The monoisotopic (exact) mass is 274 g/mol. The summed E-state index contributed by atoms with van der Waals surface area (Å²) in [6.45, 7) is 1.50. The van der Waals surface area contributed by atoms with Crippen LogP contribution in [0.15, 0.2) is 16.6 Å². The second kappa shape index (κ2) is 4.53. The molecule has 1 aromatic rings. The zero-order chi connectivity index (χ0) is 11.6. The molecule has 82 valence electrons. The standard InChI is InChI=1S/C10H11BrO4/c1-5(10(13)14)8-6(11)3-4-7(15-2)9(8)12/h3-5,12H,1-2H3,(H,13,14). The number of carboxylic acids is 1. The van der Waals surface area contributed by atoms with E-state index in [1.54, 1.807) is 12.1 Å². The van der Waals surface area contributed by atoms with Gasteiger partial charge in [-0.15, -0.1) is 0 Å². The van der Waals surface area contributed by atoms with Crippen molar-refractivity contribution in [2.45, 2.75) is 12.8 Å². The molecule has 0 aliphatic rings. The maximum Gasteiger partial charge on any atom is 0.310 e. The first-order chi connectivity index (χ1) is 6.99. The SMILES string of the molecule is COc1ccc(Br)c(C(C)C(=O)O)c1O. The van der Waals surface area contributed by atoms with Gasteiger partial charge in [0.05, 0.1) is 13.0 Å². The second-order valence-electron chi connectivity index (χ2n) is 3.07. The van der Waals surface area contributed by atoms with E-state index in [2.05, 4.69) is 15.9 Å². The van der Waals surface area contributed by atoms with Gasteiger partial charge in [-0.3, -0.25) is 4.79 Å². The number of methoxy groups -OCH3 is 1. The molecule has 4 nitrogen and oxygen atoms in total. The van der Waals surface area contributed by atoms with Gasteiger partial charge in [0.1, 0.15) is 0 Å². The summed E-state index contributed by atoms with van der Waals surface area (Å²) in [5, 5.41) is 18.6. The molecule has 1 atom stereocenters. The molecule has 0 saturated carbocycles. The lowest BCUT2D eigenvalue weighted by molar-refractivity contribution is -0.138. The van der Waals surface area contributed by atoms with Crippen molar-refractivity contribution in [2.24, 2.45) is 0 Å². The second-order valence-corrected chi connectivity index (χ2v) is 3.93. The number of ether oxygens (including phenoxy) is 1. The Morgan fingerprint density at radius 1 is 1.53 bits per heavy atom. The van der Waals surface area contributed by atoms with E-state index < -0.39 is 11.9 Å². The third-order valence-electron chi connectivity index (χ3n) is 2.15. The number of halogens is 1. The number of benzene rings is 1. The number of phenolic OH excluding ortho intramolecular Hbond substituents is 1. The maximum absolute atomic E-state index is 10.8. The molecular formula is C10H11BrO4. The molecule has 0 aliphatic heterocycles. The molecular weight excluding hydrogens is 264 g/mol. The quantitative estimate of drug-likeness (QED) is 0.888. The summed E-state index contributed by atoms with van der Waals surface area (Å²) in [4.78, 5) is 10.8. The Bertz CT molecular complexity index is 389. The molecule has 5 heteroatoms. The number of aliphatic carboxylic acids is 1. The Hall–Kier alpha value is -1.23. The number of hydrogen-bond acceptors (Lipinski definition) is 3. The van der Waals surface area contributed by atoms with Crippen molar-refractivity contribution < 1.29 is 19.7 Å². The van der Waals surface area contributed by atoms with Crippen LogP contribution >= 0.6 is 15.9 Å². The van der Waals surface area contributed by atoms with E-state index in [0.717, 1.165) is 0 Å². The minimum atomic E-state index is -1.00. The highest BCUT2D eigenvalue weighted by atomic mass is 79.9. The normalized spacial score (nSPS) is 12.2. The van der Waals surface area contributed by atoms with Crippen LogP contribution in [0, 0.1) is 0 Å². The number of phenols is 1. The lowest BCUT2D eigenvalue weighted by Gasteiger charge is -2.13. The minimum absolute atomic E-state index is 0.137. The molecule has 1 aromatic carbocycles. The maximum atomic E-state index is 10.8. The molecule has 0 heterocycles. The fourth-order valence-electron chi connectivity index (χ4n) is 1.26. The van der Waals surface area contributed by atoms with Crippen LogP contribution in [0.3, 0.4) is 0 Å². The van der Waals surface area contributed by atoms with Gasteiger partial charge in [0.15, 0.2) is 11.5 Å². The number of aromatic hydroxyl groups is 1. The van der Waals surface area contributed by atoms with Crippen LogP contribution in [0.5, 0.6) is 11.5 Å². The van der Waals surface area contributed by atoms with Crippen molar-refractivity contribution in [1.82, 2.24) is 0 Å². The first-order valence-electron chi connectivity index (χ1n) is 4.27. The lowest BCUT2D eigenvalue weighted by Crippen LogP contribution is -2.08. The fourth-order valence-corrected chi connectivity index (χ4v) is 1.93. The van der Waals surface area contributed by atoms with Gasteiger partial charge in [-0.2, -0.15) is 0 Å². The topological polar surface area (TPSA) is 66.8 Å². The largest absolute Gasteiger partial charge is 0.504 e. The molecule has 0 saturated heterocycles. The van der Waals surface area contributed by atoms with Crippen LogP contribution in [0.4, 0.5) is 0 Å². The molecule has 2 N–H and O–H groups in total. The van der Waals surface area contributed by atoms with E-state index in [4.69, 9.17) is 9.84 Å². The van der Waals surface area contributed by atoms with Crippen LogP contribution < -0.4 is 4.74 Å².